The van der Waals surface area contributed by atoms with Gasteiger partial charge in [0.15, 0.2) is 5.82 Å². The van der Waals surface area contributed by atoms with E-state index in [0.29, 0.717) is 17.4 Å². The zero-order valence-electron chi connectivity index (χ0n) is 17.3. The van der Waals surface area contributed by atoms with Gasteiger partial charge in [-0.2, -0.15) is 10.1 Å². The molecule has 0 spiro atoms. The van der Waals surface area contributed by atoms with Gasteiger partial charge in [-0.1, -0.05) is 12.8 Å². The van der Waals surface area contributed by atoms with Crippen LogP contribution in [0.4, 0.5) is 17.6 Å². The van der Waals surface area contributed by atoms with E-state index in [1.54, 1.807) is 0 Å². The molecular formula is C22H31N7. The van der Waals surface area contributed by atoms with Gasteiger partial charge in [0.05, 0.1) is 5.69 Å². The lowest BCUT2D eigenvalue weighted by atomic mass is 9.70. The summed E-state index contributed by atoms with van der Waals surface area (Å²) in [5, 5.41) is 14.7. The van der Waals surface area contributed by atoms with Gasteiger partial charge < -0.3 is 15.5 Å². The lowest BCUT2D eigenvalue weighted by Gasteiger charge is -2.36. The highest BCUT2D eigenvalue weighted by Crippen LogP contribution is 2.52. The summed E-state index contributed by atoms with van der Waals surface area (Å²) in [5.74, 6) is 3.42. The Balaban J connectivity index is 1.27. The maximum atomic E-state index is 5.03. The van der Waals surface area contributed by atoms with E-state index in [2.05, 4.69) is 38.8 Å². The molecule has 0 atom stereocenters. The smallest absolute Gasteiger partial charge is 0.227 e. The zero-order chi connectivity index (χ0) is 19.4. The number of nitrogens with one attached hydrogen (secondary N) is 3. The molecule has 2 saturated carbocycles. The van der Waals surface area contributed by atoms with E-state index in [9.17, 15) is 0 Å². The molecule has 2 aromatic rings. The van der Waals surface area contributed by atoms with Gasteiger partial charge in [-0.05, 0) is 52.0 Å². The van der Waals surface area contributed by atoms with Gasteiger partial charge in [0.25, 0.3) is 0 Å². The van der Waals surface area contributed by atoms with Crippen LogP contribution in [-0.2, 0) is 12.8 Å². The summed E-state index contributed by atoms with van der Waals surface area (Å²) in [7, 11) is 2.06. The summed E-state index contributed by atoms with van der Waals surface area (Å²) in [6.07, 6.45) is 11.0. The Kier molecular flexibility index (Phi) is 4.08. The summed E-state index contributed by atoms with van der Waals surface area (Å²) in [5.41, 5.74) is 4.21. The molecule has 154 valence electrons. The molecule has 2 saturated heterocycles. The zero-order valence-corrected chi connectivity index (χ0v) is 17.3. The Morgan fingerprint density at radius 3 is 2.86 bits per heavy atom. The minimum absolute atomic E-state index is 0.424. The van der Waals surface area contributed by atoms with Crippen LogP contribution < -0.4 is 15.5 Å². The highest BCUT2D eigenvalue weighted by Gasteiger charge is 2.55. The van der Waals surface area contributed by atoms with Gasteiger partial charge >= 0.3 is 0 Å². The van der Waals surface area contributed by atoms with Crippen molar-refractivity contribution in [3.8, 4) is 0 Å². The largest absolute Gasteiger partial charge is 0.337 e. The highest BCUT2D eigenvalue weighted by molar-refractivity contribution is 5.61. The van der Waals surface area contributed by atoms with Crippen molar-refractivity contribution in [3.05, 3.63) is 23.0 Å². The van der Waals surface area contributed by atoms with Crippen molar-refractivity contribution in [2.75, 3.05) is 30.4 Å². The first-order chi connectivity index (χ1) is 14.2. The average Bonchev–Trinajstić information content (AvgIpc) is 3.47. The molecule has 7 heteroatoms. The van der Waals surface area contributed by atoms with Crippen LogP contribution in [0.1, 0.15) is 67.8 Å². The number of aryl methyl sites for hydroxylation is 1. The fourth-order valence-corrected chi connectivity index (χ4v) is 6.21. The third-order valence-electron chi connectivity index (χ3n) is 7.65. The van der Waals surface area contributed by atoms with E-state index < -0.39 is 0 Å². The van der Waals surface area contributed by atoms with E-state index >= 15 is 0 Å². The summed E-state index contributed by atoms with van der Waals surface area (Å²) in [4.78, 5) is 12.5. The van der Waals surface area contributed by atoms with E-state index in [1.807, 2.05) is 0 Å². The maximum Gasteiger partial charge on any atom is 0.227 e. The average molecular weight is 394 g/mol. The van der Waals surface area contributed by atoms with E-state index in [0.717, 1.165) is 43.5 Å². The first-order valence-corrected chi connectivity index (χ1v) is 11.4. The SMILES string of the molecule is CNCC12CC(C1)N(c1nc3c(c(Nc4cc(C5CCCC5)[nH]n4)n1)CCC3)C2. The molecule has 2 bridgehead atoms. The number of H-pyrrole nitrogens is 1. The fourth-order valence-electron chi connectivity index (χ4n) is 6.21. The van der Waals surface area contributed by atoms with Crippen molar-refractivity contribution in [2.24, 2.45) is 5.41 Å². The van der Waals surface area contributed by atoms with Crippen LogP contribution in [0.15, 0.2) is 6.07 Å². The predicted molar refractivity (Wildman–Crippen MR) is 114 cm³/mol. The minimum atomic E-state index is 0.424. The van der Waals surface area contributed by atoms with Gasteiger partial charge in [-0.25, -0.2) is 4.98 Å². The van der Waals surface area contributed by atoms with Crippen LogP contribution in [-0.4, -0.2) is 46.3 Å². The second kappa shape index (κ2) is 6.69. The molecule has 5 aliphatic rings. The van der Waals surface area contributed by atoms with Crippen LogP contribution in [0.2, 0.25) is 0 Å². The topological polar surface area (TPSA) is 81.8 Å². The molecule has 0 amide bonds. The number of hydrogen-bond acceptors (Lipinski definition) is 6. The Bertz CT molecular complexity index is 908. The first-order valence-electron chi connectivity index (χ1n) is 11.4. The molecule has 4 fully saturated rings. The maximum absolute atomic E-state index is 5.03. The standard InChI is InChI=1S/C22H31N7/c1-23-12-22-10-15(11-22)29(13-22)21-24-17-8-4-7-16(17)20(26-21)25-19-9-18(27-28-19)14-5-2-3-6-14/h9,14-15,23H,2-8,10-13H2,1H3,(H2,24,25,26,27,28). The second-order valence-electron chi connectivity index (χ2n) is 9.69. The second-order valence-corrected chi connectivity index (χ2v) is 9.69. The van der Waals surface area contributed by atoms with Gasteiger partial charge in [0, 0.05) is 47.8 Å². The van der Waals surface area contributed by atoms with Crippen molar-refractivity contribution < 1.29 is 0 Å². The molecule has 2 aromatic heterocycles. The summed E-state index contributed by atoms with van der Waals surface area (Å²) >= 11 is 0. The number of rotatable bonds is 6. The normalized spacial score (nSPS) is 28.0. The highest BCUT2D eigenvalue weighted by atomic mass is 15.3. The molecule has 7 nitrogen and oxygen atoms in total. The molecule has 7 rings (SSSR count). The van der Waals surface area contributed by atoms with E-state index in [4.69, 9.17) is 9.97 Å². The Hall–Kier alpha value is -2.15. The molecule has 3 N–H and O–H groups in total. The number of fused-ring (bicyclic) bond motifs is 2. The lowest BCUT2D eigenvalue weighted by molar-refractivity contribution is 0.196. The monoisotopic (exact) mass is 393 g/mol. The Morgan fingerprint density at radius 2 is 2.03 bits per heavy atom. The molecule has 0 aromatic carbocycles. The van der Waals surface area contributed by atoms with Crippen LogP contribution >= 0.6 is 0 Å². The van der Waals surface area contributed by atoms with Gasteiger partial charge in [-0.15, -0.1) is 0 Å². The number of anilines is 3. The molecule has 29 heavy (non-hydrogen) atoms. The third kappa shape index (κ3) is 2.93. The molecular weight excluding hydrogens is 362 g/mol. The van der Waals surface area contributed by atoms with Gasteiger partial charge in [0.1, 0.15) is 5.82 Å². The van der Waals surface area contributed by atoms with Gasteiger partial charge in [0.2, 0.25) is 5.95 Å². The van der Waals surface area contributed by atoms with Crippen molar-refractivity contribution in [1.29, 1.82) is 0 Å². The van der Waals surface area contributed by atoms with Crippen molar-refractivity contribution in [3.63, 3.8) is 0 Å². The van der Waals surface area contributed by atoms with Crippen molar-refractivity contribution >= 4 is 17.6 Å². The Labute approximate surface area is 172 Å². The van der Waals surface area contributed by atoms with Crippen molar-refractivity contribution in [2.45, 2.75) is 69.7 Å². The summed E-state index contributed by atoms with van der Waals surface area (Å²) in [6.45, 7) is 2.16. The van der Waals surface area contributed by atoms with E-state index in [1.165, 1.54) is 61.9 Å². The summed E-state index contributed by atoms with van der Waals surface area (Å²) < 4.78 is 0. The van der Waals surface area contributed by atoms with E-state index in [-0.39, 0.29) is 0 Å². The third-order valence-corrected chi connectivity index (χ3v) is 7.65. The molecule has 4 heterocycles. The number of aromatic amines is 1. The number of hydrogen-bond donors (Lipinski definition) is 3. The molecule has 0 radical (unpaired) electrons. The van der Waals surface area contributed by atoms with Crippen molar-refractivity contribution in [1.82, 2.24) is 25.5 Å². The molecule has 2 aliphatic heterocycles. The number of nitrogens with zero attached hydrogens (tertiary/aromatic N) is 4. The molecule has 0 unspecified atom stereocenters. The quantitative estimate of drug-likeness (QED) is 0.699. The molecule has 3 aliphatic carbocycles. The Morgan fingerprint density at radius 1 is 1.17 bits per heavy atom. The van der Waals surface area contributed by atoms with Gasteiger partial charge in [-0.3, -0.25) is 5.10 Å². The van der Waals surface area contributed by atoms with Crippen LogP contribution in [0, 0.1) is 5.41 Å². The first kappa shape index (κ1) is 17.7. The fraction of sp³-hybridized carbons (Fsp3) is 0.682. The number of aromatic nitrogens is 4. The lowest BCUT2D eigenvalue weighted by Crippen LogP contribution is -2.41. The summed E-state index contributed by atoms with van der Waals surface area (Å²) in [6, 6.07) is 2.79. The predicted octanol–water partition coefficient (Wildman–Crippen LogP) is 3.28. The van der Waals surface area contributed by atoms with Crippen LogP contribution in [0.3, 0.4) is 0 Å². The van der Waals surface area contributed by atoms with Crippen LogP contribution in [0.25, 0.3) is 0 Å². The van der Waals surface area contributed by atoms with Crippen LogP contribution in [0.5, 0.6) is 0 Å². The minimum Gasteiger partial charge on any atom is -0.337 e.